The topological polar surface area (TPSA) is 208 Å². The smallest absolute Gasteiger partial charge is 0.319 e. The highest BCUT2D eigenvalue weighted by molar-refractivity contribution is 7.13. The zero-order valence-corrected chi connectivity index (χ0v) is 47.5. The number of carbonyl (C=O) groups is 2. The average Bonchev–Trinajstić information content (AvgIpc) is 4.29. The molecule has 5 fully saturated rings. The number of anilines is 1. The molecule has 0 aliphatic carbocycles. The van der Waals surface area contributed by atoms with Crippen molar-refractivity contribution in [2.75, 3.05) is 70.4 Å². The average molecular weight is 1120 g/mol. The molecule has 426 valence electrons. The van der Waals surface area contributed by atoms with Crippen molar-refractivity contribution in [2.24, 2.45) is 11.8 Å². The van der Waals surface area contributed by atoms with Gasteiger partial charge in [-0.15, -0.1) is 11.3 Å². The number of hydrogen-bond acceptors (Lipinski definition) is 17. The minimum absolute atomic E-state index is 0.0411. The van der Waals surface area contributed by atoms with Crippen LogP contribution in [0.1, 0.15) is 94.3 Å². The Morgan fingerprint density at radius 2 is 1.73 bits per heavy atom. The molecule has 2 unspecified atom stereocenters. The zero-order chi connectivity index (χ0) is 56.1. The van der Waals surface area contributed by atoms with Crippen LogP contribution in [0.15, 0.2) is 76.9 Å². The number of nitrogens with one attached hydrogen (secondary N) is 2. The predicted octanol–water partition coefficient (Wildman–Crippen LogP) is 8.05. The number of likely N-dealkylation sites (tertiary alicyclic amines) is 3. The number of amides is 2. The van der Waals surface area contributed by atoms with Crippen LogP contribution in [0.2, 0.25) is 0 Å². The molecule has 12 rings (SSSR count). The van der Waals surface area contributed by atoms with Gasteiger partial charge in [0.05, 0.1) is 33.6 Å². The Hall–Kier alpha value is -6.84. The first-order valence-corrected chi connectivity index (χ1v) is 29.7. The number of piperazine rings is 1. The number of aromatic nitrogens is 5. The second-order valence-corrected chi connectivity index (χ2v) is 24.2. The predicted molar refractivity (Wildman–Crippen MR) is 308 cm³/mol. The van der Waals surface area contributed by atoms with Gasteiger partial charge in [0.1, 0.15) is 47.4 Å². The number of aliphatic hydroxyl groups is 1. The van der Waals surface area contributed by atoms with Crippen LogP contribution in [0, 0.1) is 24.6 Å². The largest absolute Gasteiger partial charge is 0.508 e. The second kappa shape index (κ2) is 23.2. The summed E-state index contributed by atoms with van der Waals surface area (Å²) < 4.78 is 35.5. The van der Waals surface area contributed by atoms with Crippen LogP contribution in [-0.4, -0.2) is 158 Å². The summed E-state index contributed by atoms with van der Waals surface area (Å²) in [5.74, 6) is -0.202. The van der Waals surface area contributed by atoms with Gasteiger partial charge in [-0.05, 0) is 116 Å². The molecule has 5 saturated heterocycles. The van der Waals surface area contributed by atoms with Gasteiger partial charge >= 0.3 is 6.01 Å². The number of thiazole rings is 1. The third-order valence-electron chi connectivity index (χ3n) is 17.3. The van der Waals surface area contributed by atoms with E-state index in [1.807, 2.05) is 75.7 Å². The number of aryl methyl sites for hydroxylation is 2. The number of phenols is 1. The SMILES string of the molecule is CCc1cccc2cc(O)cc(-c3ncc4c(N5CC6CCC(C5)N6)nc(OCCN5CCC(CN6CC(Oc7cc([C@@H](C(=O)N8C[C@H](O)C[C@H]8C(=O)N[C@@H](C)c8ccc(-c9scnc9C)cc8)C(C)C)on7)C6)CC5)nc4c3F)c12. The molecule has 0 saturated carbocycles. The van der Waals surface area contributed by atoms with Crippen LogP contribution in [0.5, 0.6) is 17.6 Å². The van der Waals surface area contributed by atoms with Gasteiger partial charge in [0, 0.05) is 82.1 Å². The maximum absolute atomic E-state index is 17.1. The number of aromatic hydroxyl groups is 1. The third kappa shape index (κ3) is 11.4. The van der Waals surface area contributed by atoms with Gasteiger partial charge in [-0.2, -0.15) is 9.97 Å². The molecule has 2 bridgehead atoms. The second-order valence-electron chi connectivity index (χ2n) is 23.3. The van der Waals surface area contributed by atoms with Gasteiger partial charge in [0.25, 0.3) is 5.88 Å². The summed E-state index contributed by atoms with van der Waals surface area (Å²) in [6.45, 7) is 16.7. The van der Waals surface area contributed by atoms with Crippen molar-refractivity contribution in [2.45, 2.75) is 115 Å². The number of piperidine rings is 1. The number of pyridine rings is 1. The molecule has 20 heteroatoms. The molecule has 2 amide bonds. The van der Waals surface area contributed by atoms with Gasteiger partial charge in [0.2, 0.25) is 11.8 Å². The lowest BCUT2D eigenvalue weighted by atomic mass is 9.91. The van der Waals surface area contributed by atoms with Crippen LogP contribution in [-0.2, 0) is 16.0 Å². The van der Waals surface area contributed by atoms with Crippen LogP contribution in [0.3, 0.4) is 0 Å². The standard InChI is InChI=1S/C61H72FN11O7S/c1-6-38-8-7-9-41-22-44(74)23-47(53(38)41)55-54(62)56-48(26-63-55)58(72-28-42-14-15-43(29-72)66-42)68-61(67-56)78-21-20-70-18-16-37(17-19-70)27-71-31-46(32-71)79-51-25-50(80-69-51)52(34(2)3)60(77)73-30-45(75)24-49(73)59(76)65-35(4)39-10-12-40(13-11-39)57-36(5)64-33-81-57/h7-13,22-23,25-26,33-35,37,42-43,45-46,49,52,66,74-75H,6,14-21,24,27-32H2,1-5H3,(H,65,76)/t35-,42?,43?,45+,49-,52-/m0/s1. The lowest BCUT2D eigenvalue weighted by Gasteiger charge is -2.42. The molecular weight excluding hydrogens is 1050 g/mol. The monoisotopic (exact) mass is 1120 g/mol. The number of rotatable bonds is 18. The molecule has 5 aliphatic heterocycles. The molecule has 4 aromatic heterocycles. The van der Waals surface area contributed by atoms with Gasteiger partial charge < -0.3 is 44.6 Å². The minimum atomic E-state index is -0.837. The highest BCUT2D eigenvalue weighted by atomic mass is 32.1. The number of aliphatic hydroxyl groups excluding tert-OH is 1. The first-order valence-electron chi connectivity index (χ1n) is 28.9. The lowest BCUT2D eigenvalue weighted by Crippen LogP contribution is -2.55. The van der Waals surface area contributed by atoms with Gasteiger partial charge in [-0.3, -0.25) is 24.4 Å². The van der Waals surface area contributed by atoms with E-state index in [0.717, 1.165) is 116 Å². The highest BCUT2D eigenvalue weighted by Crippen LogP contribution is 2.40. The quantitative estimate of drug-likeness (QED) is 0.0641. The van der Waals surface area contributed by atoms with Gasteiger partial charge in [-0.1, -0.05) is 63.2 Å². The van der Waals surface area contributed by atoms with E-state index >= 15 is 4.39 Å². The summed E-state index contributed by atoms with van der Waals surface area (Å²) >= 11 is 1.59. The van der Waals surface area contributed by atoms with E-state index in [4.69, 9.17) is 28.9 Å². The van der Waals surface area contributed by atoms with Crippen LogP contribution >= 0.6 is 11.3 Å². The van der Waals surface area contributed by atoms with Crippen LogP contribution in [0.25, 0.3) is 43.4 Å². The van der Waals surface area contributed by atoms with Crippen molar-refractivity contribution in [3.8, 4) is 39.3 Å². The van der Waals surface area contributed by atoms with Crippen molar-refractivity contribution in [1.82, 2.24) is 50.4 Å². The number of halogens is 1. The molecule has 3 aromatic carbocycles. The van der Waals surface area contributed by atoms with Crippen LogP contribution in [0.4, 0.5) is 10.2 Å². The molecule has 4 N–H and O–H groups in total. The molecule has 0 spiro atoms. The summed E-state index contributed by atoms with van der Waals surface area (Å²) in [5.41, 5.74) is 6.64. The number of hydrogen-bond donors (Lipinski definition) is 4. The summed E-state index contributed by atoms with van der Waals surface area (Å²) in [6, 6.07) is 18.6. The summed E-state index contributed by atoms with van der Waals surface area (Å²) in [5, 5.41) is 34.7. The Labute approximate surface area is 475 Å². The molecule has 0 radical (unpaired) electrons. The molecule has 9 heterocycles. The number of nitrogens with zero attached hydrogens (tertiary/aromatic N) is 9. The Kier molecular flexibility index (Phi) is 15.7. The Morgan fingerprint density at radius 1 is 0.951 bits per heavy atom. The number of benzene rings is 3. The van der Waals surface area contributed by atoms with E-state index in [0.29, 0.717) is 59.6 Å². The number of β-amino-alcohol motifs (C(OH)–C–C–N with tert-alkyl or cyclic N) is 1. The van der Waals surface area contributed by atoms with E-state index in [2.05, 4.69) is 42.4 Å². The minimum Gasteiger partial charge on any atom is -0.508 e. The molecule has 18 nitrogen and oxygen atoms in total. The van der Waals surface area contributed by atoms with Crippen LogP contribution < -0.4 is 25.0 Å². The van der Waals surface area contributed by atoms with E-state index in [-0.39, 0.29) is 65.8 Å². The van der Waals surface area contributed by atoms with Gasteiger partial charge in [-0.25, -0.2) is 9.37 Å². The fourth-order valence-corrected chi connectivity index (χ4v) is 13.8. The highest BCUT2D eigenvalue weighted by Gasteiger charge is 2.44. The normalized spacial score (nSPS) is 21.7. The molecule has 6 atom stereocenters. The van der Waals surface area contributed by atoms with E-state index in [9.17, 15) is 19.8 Å². The Bertz CT molecular complexity index is 3410. The zero-order valence-electron chi connectivity index (χ0n) is 46.7. The number of fused-ring (bicyclic) bond motifs is 4. The van der Waals surface area contributed by atoms with Crippen molar-refractivity contribution in [3.05, 3.63) is 101 Å². The third-order valence-corrected chi connectivity index (χ3v) is 18.3. The number of ether oxygens (including phenoxy) is 2. The van der Waals surface area contributed by atoms with Crippen molar-refractivity contribution >= 4 is 50.6 Å². The van der Waals surface area contributed by atoms with Crippen molar-refractivity contribution in [1.29, 1.82) is 0 Å². The maximum atomic E-state index is 17.1. The summed E-state index contributed by atoms with van der Waals surface area (Å²) in [7, 11) is 0. The van der Waals surface area contributed by atoms with E-state index in [1.54, 1.807) is 35.7 Å². The molecule has 81 heavy (non-hydrogen) atoms. The number of phenolic OH excluding ortho intramolecular Hbond substituents is 1. The van der Waals surface area contributed by atoms with Crippen molar-refractivity contribution in [3.63, 3.8) is 0 Å². The first kappa shape index (κ1) is 54.7. The summed E-state index contributed by atoms with van der Waals surface area (Å²) in [4.78, 5) is 56.5. The molecular formula is C61H72FN11O7S. The first-order chi connectivity index (χ1) is 39.2. The Morgan fingerprint density at radius 3 is 2.46 bits per heavy atom. The lowest BCUT2D eigenvalue weighted by molar-refractivity contribution is -0.141. The fraction of sp³-hybridized carbons (Fsp3) is 0.492. The van der Waals surface area contributed by atoms with Crippen molar-refractivity contribution < 1.29 is 38.2 Å². The molecule has 5 aliphatic rings. The summed E-state index contributed by atoms with van der Waals surface area (Å²) in [6.07, 6.45) is 5.91. The Balaban J connectivity index is 0.625. The van der Waals surface area contributed by atoms with E-state index < -0.39 is 23.9 Å². The van der Waals surface area contributed by atoms with Gasteiger partial charge in [0.15, 0.2) is 11.6 Å². The van der Waals surface area contributed by atoms with E-state index in [1.165, 1.54) is 4.90 Å². The maximum Gasteiger partial charge on any atom is 0.319 e. The molecule has 7 aromatic rings. The fourth-order valence-electron chi connectivity index (χ4n) is 13.0. The number of carbonyl (C=O) groups excluding carboxylic acids is 2.